The van der Waals surface area contributed by atoms with Crippen molar-refractivity contribution in [2.45, 2.75) is 39.7 Å². The van der Waals surface area contributed by atoms with Gasteiger partial charge < -0.3 is 20.2 Å². The number of hydrogen-bond acceptors (Lipinski definition) is 5. The highest BCUT2D eigenvalue weighted by Gasteiger charge is 2.10. The Balaban J connectivity index is 1.84. The van der Waals surface area contributed by atoms with Gasteiger partial charge in [0.05, 0.1) is 6.10 Å². The van der Waals surface area contributed by atoms with Gasteiger partial charge in [0.15, 0.2) is 0 Å². The van der Waals surface area contributed by atoms with Crippen LogP contribution in [0, 0.1) is 5.92 Å². The van der Waals surface area contributed by atoms with Crippen molar-refractivity contribution in [3.8, 4) is 11.5 Å². The zero-order valence-electron chi connectivity index (χ0n) is 14.2. The SMILES string of the molecule is CCc1nnc(-c2ccc(NC(=O)NCCC(O)C(C)C)cc2)o1. The minimum absolute atomic E-state index is 0.181. The van der Waals surface area contributed by atoms with Crippen molar-refractivity contribution >= 4 is 11.7 Å². The number of nitrogens with zero attached hydrogens (tertiary/aromatic N) is 2. The molecule has 1 aromatic carbocycles. The Kier molecular flexibility index (Phi) is 6.31. The summed E-state index contributed by atoms with van der Waals surface area (Å²) in [6.07, 6.45) is 0.811. The fourth-order valence-corrected chi connectivity index (χ4v) is 2.05. The van der Waals surface area contributed by atoms with Gasteiger partial charge in [-0.15, -0.1) is 10.2 Å². The van der Waals surface area contributed by atoms with Crippen LogP contribution in [0.3, 0.4) is 0 Å². The first-order chi connectivity index (χ1) is 11.5. The first-order valence-electron chi connectivity index (χ1n) is 8.15. The molecule has 0 radical (unpaired) electrons. The van der Waals surface area contributed by atoms with Gasteiger partial charge in [0.1, 0.15) is 0 Å². The second-order valence-corrected chi connectivity index (χ2v) is 5.91. The molecule has 0 spiro atoms. The molecular formula is C17H24N4O3. The zero-order valence-corrected chi connectivity index (χ0v) is 14.2. The molecule has 3 N–H and O–H groups in total. The summed E-state index contributed by atoms with van der Waals surface area (Å²) in [5.74, 6) is 1.24. The largest absolute Gasteiger partial charge is 0.421 e. The number of aliphatic hydroxyl groups excluding tert-OH is 1. The van der Waals surface area contributed by atoms with Gasteiger partial charge in [0.25, 0.3) is 0 Å². The summed E-state index contributed by atoms with van der Waals surface area (Å²) in [4.78, 5) is 11.8. The molecule has 24 heavy (non-hydrogen) atoms. The van der Waals surface area contributed by atoms with Crippen LogP contribution in [0.5, 0.6) is 0 Å². The van der Waals surface area contributed by atoms with E-state index in [2.05, 4.69) is 20.8 Å². The maximum Gasteiger partial charge on any atom is 0.319 e. The molecule has 0 aliphatic heterocycles. The van der Waals surface area contributed by atoms with Gasteiger partial charge in [-0.2, -0.15) is 0 Å². The Morgan fingerprint density at radius 3 is 2.54 bits per heavy atom. The van der Waals surface area contributed by atoms with Gasteiger partial charge in [0, 0.05) is 24.2 Å². The third-order valence-corrected chi connectivity index (χ3v) is 3.65. The lowest BCUT2D eigenvalue weighted by Gasteiger charge is -2.14. The lowest BCUT2D eigenvalue weighted by Crippen LogP contribution is -2.32. The molecule has 1 heterocycles. The molecule has 1 aromatic heterocycles. The van der Waals surface area contributed by atoms with Crippen LogP contribution < -0.4 is 10.6 Å². The minimum Gasteiger partial charge on any atom is -0.421 e. The quantitative estimate of drug-likeness (QED) is 0.724. The number of benzene rings is 1. The lowest BCUT2D eigenvalue weighted by molar-refractivity contribution is 0.117. The first-order valence-corrected chi connectivity index (χ1v) is 8.15. The monoisotopic (exact) mass is 332 g/mol. The number of rotatable bonds is 7. The summed E-state index contributed by atoms with van der Waals surface area (Å²) in [5.41, 5.74) is 1.46. The molecule has 2 aromatic rings. The predicted molar refractivity (Wildman–Crippen MR) is 91.6 cm³/mol. The molecule has 7 heteroatoms. The van der Waals surface area contributed by atoms with E-state index in [0.717, 1.165) is 5.56 Å². The smallest absolute Gasteiger partial charge is 0.319 e. The Morgan fingerprint density at radius 1 is 1.25 bits per heavy atom. The lowest BCUT2D eigenvalue weighted by atomic mass is 10.0. The van der Waals surface area contributed by atoms with Crippen LogP contribution in [-0.4, -0.2) is 34.0 Å². The third-order valence-electron chi connectivity index (χ3n) is 3.65. The Morgan fingerprint density at radius 2 is 1.96 bits per heavy atom. The highest BCUT2D eigenvalue weighted by Crippen LogP contribution is 2.20. The number of nitrogens with one attached hydrogen (secondary N) is 2. The van der Waals surface area contributed by atoms with E-state index in [0.29, 0.717) is 36.9 Å². The van der Waals surface area contributed by atoms with Crippen molar-refractivity contribution in [2.24, 2.45) is 5.92 Å². The van der Waals surface area contributed by atoms with E-state index < -0.39 is 6.10 Å². The van der Waals surface area contributed by atoms with Crippen molar-refractivity contribution in [2.75, 3.05) is 11.9 Å². The second-order valence-electron chi connectivity index (χ2n) is 5.91. The van der Waals surface area contributed by atoms with Crippen LogP contribution in [0.1, 0.15) is 33.1 Å². The second kappa shape index (κ2) is 8.44. The van der Waals surface area contributed by atoms with E-state index in [1.54, 1.807) is 12.1 Å². The zero-order chi connectivity index (χ0) is 17.5. The van der Waals surface area contributed by atoms with Crippen LogP contribution in [0.2, 0.25) is 0 Å². The van der Waals surface area contributed by atoms with E-state index in [1.165, 1.54) is 0 Å². The van der Waals surface area contributed by atoms with Gasteiger partial charge in [-0.05, 0) is 36.6 Å². The number of aryl methyl sites for hydroxylation is 1. The number of anilines is 1. The fraction of sp³-hybridized carbons (Fsp3) is 0.471. The average Bonchev–Trinajstić information content (AvgIpc) is 3.04. The summed E-state index contributed by atoms with van der Waals surface area (Å²) in [7, 11) is 0. The van der Waals surface area contributed by atoms with Crippen LogP contribution in [0.25, 0.3) is 11.5 Å². The summed E-state index contributed by atoms with van der Waals surface area (Å²) in [5, 5.41) is 23.1. The Labute approximate surface area is 141 Å². The van der Waals surface area contributed by atoms with Gasteiger partial charge in [-0.25, -0.2) is 4.79 Å². The summed E-state index contributed by atoms with van der Waals surface area (Å²) < 4.78 is 5.49. The molecule has 0 bridgehead atoms. The number of hydrogen-bond donors (Lipinski definition) is 3. The first kappa shape index (κ1) is 17.9. The molecule has 1 unspecified atom stereocenters. The predicted octanol–water partition coefficient (Wildman–Crippen LogP) is 2.83. The van der Waals surface area contributed by atoms with Gasteiger partial charge in [-0.3, -0.25) is 0 Å². The number of carbonyl (C=O) groups excluding carboxylic acids is 1. The Bertz CT molecular complexity index is 652. The molecule has 0 aliphatic carbocycles. The highest BCUT2D eigenvalue weighted by atomic mass is 16.4. The number of amides is 2. The Hall–Kier alpha value is -2.41. The highest BCUT2D eigenvalue weighted by molar-refractivity contribution is 5.89. The van der Waals surface area contributed by atoms with Crippen molar-refractivity contribution < 1.29 is 14.3 Å². The maximum absolute atomic E-state index is 11.8. The number of urea groups is 1. The maximum atomic E-state index is 11.8. The molecule has 0 fully saturated rings. The number of aliphatic hydroxyl groups is 1. The topological polar surface area (TPSA) is 100 Å². The minimum atomic E-state index is -0.410. The number of aromatic nitrogens is 2. The molecular weight excluding hydrogens is 308 g/mol. The summed E-state index contributed by atoms with van der Waals surface area (Å²) in [6.45, 7) is 6.26. The molecule has 1 atom stereocenters. The molecule has 0 aliphatic rings. The average molecular weight is 332 g/mol. The number of carbonyl (C=O) groups is 1. The van der Waals surface area contributed by atoms with Crippen molar-refractivity contribution in [1.82, 2.24) is 15.5 Å². The normalized spacial score (nSPS) is 12.2. The molecule has 130 valence electrons. The van der Waals surface area contributed by atoms with Gasteiger partial charge in [-0.1, -0.05) is 20.8 Å². The van der Waals surface area contributed by atoms with Crippen LogP contribution in [0.4, 0.5) is 10.5 Å². The standard InChI is InChI=1S/C17H24N4O3/c1-4-15-20-21-16(24-15)12-5-7-13(8-6-12)19-17(23)18-10-9-14(22)11(2)3/h5-8,11,14,22H,4,9-10H2,1-3H3,(H2,18,19,23). The van der Waals surface area contributed by atoms with Crippen LogP contribution >= 0.6 is 0 Å². The van der Waals surface area contributed by atoms with Crippen molar-refractivity contribution in [1.29, 1.82) is 0 Å². The fourth-order valence-electron chi connectivity index (χ4n) is 2.05. The van der Waals surface area contributed by atoms with Crippen molar-refractivity contribution in [3.63, 3.8) is 0 Å². The molecule has 0 saturated carbocycles. The summed E-state index contributed by atoms with van der Waals surface area (Å²) in [6, 6.07) is 6.86. The molecule has 7 nitrogen and oxygen atoms in total. The molecule has 2 amide bonds. The van der Waals surface area contributed by atoms with Crippen LogP contribution in [0.15, 0.2) is 28.7 Å². The van der Waals surface area contributed by atoms with Gasteiger partial charge >= 0.3 is 6.03 Å². The van der Waals surface area contributed by atoms with Crippen molar-refractivity contribution in [3.05, 3.63) is 30.2 Å². The summed E-state index contributed by atoms with van der Waals surface area (Å²) >= 11 is 0. The van der Waals surface area contributed by atoms with Gasteiger partial charge in [0.2, 0.25) is 11.8 Å². The van der Waals surface area contributed by atoms with E-state index in [4.69, 9.17) is 4.42 Å². The van der Waals surface area contributed by atoms with E-state index in [9.17, 15) is 9.90 Å². The van der Waals surface area contributed by atoms with Crippen LogP contribution in [-0.2, 0) is 6.42 Å². The van der Waals surface area contributed by atoms with E-state index >= 15 is 0 Å². The molecule has 0 saturated heterocycles. The molecule has 2 rings (SSSR count). The van der Waals surface area contributed by atoms with E-state index in [-0.39, 0.29) is 11.9 Å². The third kappa shape index (κ3) is 5.06. The van der Waals surface area contributed by atoms with E-state index in [1.807, 2.05) is 32.9 Å².